The van der Waals surface area contributed by atoms with E-state index in [-0.39, 0.29) is 16.5 Å². The van der Waals surface area contributed by atoms with Crippen molar-refractivity contribution in [3.05, 3.63) is 35.4 Å². The number of rotatable bonds is 1. The number of aryl methyl sites for hydroxylation is 1. The summed E-state index contributed by atoms with van der Waals surface area (Å²) in [4.78, 5) is 11.3. The fraction of sp³-hybridized carbons (Fsp3) is 0.364. The minimum absolute atomic E-state index is 0.0707. The van der Waals surface area contributed by atoms with Gasteiger partial charge in [-0.05, 0) is 19.4 Å². The molecule has 2 rings (SSSR count). The monoisotopic (exact) mass is 207 g/mol. The van der Waals surface area contributed by atoms with Crippen LogP contribution in [0.25, 0.3) is 0 Å². The van der Waals surface area contributed by atoms with E-state index >= 15 is 0 Å². The minimum Gasteiger partial charge on any atom is -0.339 e. The van der Waals surface area contributed by atoms with E-state index in [1.54, 1.807) is 11.8 Å². The number of benzene rings is 1. The van der Waals surface area contributed by atoms with Crippen LogP contribution in [0.5, 0.6) is 0 Å². The molecule has 1 aliphatic heterocycles. The van der Waals surface area contributed by atoms with Crippen LogP contribution in [-0.2, 0) is 4.79 Å². The van der Waals surface area contributed by atoms with Gasteiger partial charge in [0.2, 0.25) is 5.91 Å². The topological polar surface area (TPSA) is 29.1 Å². The third-order valence-corrected chi connectivity index (χ3v) is 3.65. The molecule has 1 heterocycles. The van der Waals surface area contributed by atoms with E-state index in [1.807, 2.05) is 6.92 Å². The largest absolute Gasteiger partial charge is 0.339 e. The van der Waals surface area contributed by atoms with Crippen LogP contribution in [0.3, 0.4) is 0 Å². The molecule has 0 aromatic heterocycles. The van der Waals surface area contributed by atoms with Gasteiger partial charge in [0.1, 0.15) is 5.37 Å². The van der Waals surface area contributed by atoms with Crippen LogP contribution >= 0.6 is 11.8 Å². The molecule has 1 aliphatic rings. The molecular weight excluding hydrogens is 194 g/mol. The lowest BCUT2D eigenvalue weighted by Gasteiger charge is -2.09. The number of hydrogen-bond acceptors (Lipinski definition) is 2. The second-order valence-electron chi connectivity index (χ2n) is 3.58. The highest BCUT2D eigenvalue weighted by molar-refractivity contribution is 8.01. The zero-order chi connectivity index (χ0) is 10.1. The molecule has 0 unspecified atom stereocenters. The first-order chi connectivity index (χ1) is 6.66. The predicted octanol–water partition coefficient (Wildman–Crippen LogP) is 2.25. The Morgan fingerprint density at radius 3 is 2.43 bits per heavy atom. The summed E-state index contributed by atoms with van der Waals surface area (Å²) < 4.78 is 0. The second-order valence-corrected chi connectivity index (χ2v) is 5.03. The highest BCUT2D eigenvalue weighted by Crippen LogP contribution is 2.35. The molecule has 3 heteroatoms. The van der Waals surface area contributed by atoms with Gasteiger partial charge < -0.3 is 5.32 Å². The molecule has 0 radical (unpaired) electrons. The Balaban J connectivity index is 2.17. The van der Waals surface area contributed by atoms with Crippen LogP contribution in [0.1, 0.15) is 23.4 Å². The Kier molecular flexibility index (Phi) is 2.50. The number of thioether (sulfide) groups is 1. The third kappa shape index (κ3) is 1.77. The molecule has 1 saturated heterocycles. The third-order valence-electron chi connectivity index (χ3n) is 2.36. The summed E-state index contributed by atoms with van der Waals surface area (Å²) in [5.74, 6) is 0.139. The fourth-order valence-corrected chi connectivity index (χ4v) is 2.55. The molecule has 1 aromatic rings. The maximum atomic E-state index is 11.3. The van der Waals surface area contributed by atoms with Gasteiger partial charge in [-0.25, -0.2) is 0 Å². The van der Waals surface area contributed by atoms with Crippen LogP contribution in [0.2, 0.25) is 0 Å². The van der Waals surface area contributed by atoms with Gasteiger partial charge in [0, 0.05) is 0 Å². The molecule has 0 bridgehead atoms. The predicted molar refractivity (Wildman–Crippen MR) is 59.1 cm³/mol. The summed E-state index contributed by atoms with van der Waals surface area (Å²) in [6.07, 6.45) is 0. The minimum atomic E-state index is 0.0707. The van der Waals surface area contributed by atoms with Crippen LogP contribution < -0.4 is 5.32 Å². The van der Waals surface area contributed by atoms with Gasteiger partial charge in [0.25, 0.3) is 0 Å². The average molecular weight is 207 g/mol. The number of carbonyl (C=O) groups excluding carboxylic acids is 1. The highest BCUT2D eigenvalue weighted by Gasteiger charge is 2.29. The molecule has 1 fully saturated rings. The Bertz CT molecular complexity index is 347. The van der Waals surface area contributed by atoms with Crippen molar-refractivity contribution in [2.75, 3.05) is 0 Å². The van der Waals surface area contributed by atoms with Crippen molar-refractivity contribution in [3.8, 4) is 0 Å². The summed E-state index contributed by atoms with van der Waals surface area (Å²) in [6, 6.07) is 8.30. The molecular formula is C11H13NOS. The Labute approximate surface area is 88.1 Å². The van der Waals surface area contributed by atoms with Crippen LogP contribution in [0.4, 0.5) is 0 Å². The van der Waals surface area contributed by atoms with E-state index in [1.165, 1.54) is 11.1 Å². The molecule has 1 aromatic carbocycles. The quantitative estimate of drug-likeness (QED) is 0.765. The molecule has 0 spiro atoms. The van der Waals surface area contributed by atoms with E-state index in [9.17, 15) is 4.79 Å². The maximum Gasteiger partial charge on any atom is 0.234 e. The van der Waals surface area contributed by atoms with E-state index in [0.29, 0.717) is 0 Å². The van der Waals surface area contributed by atoms with Gasteiger partial charge >= 0.3 is 0 Å². The lowest BCUT2D eigenvalue weighted by molar-refractivity contribution is -0.119. The van der Waals surface area contributed by atoms with E-state index in [2.05, 4.69) is 36.5 Å². The molecule has 1 amide bonds. The van der Waals surface area contributed by atoms with Gasteiger partial charge in [-0.1, -0.05) is 29.8 Å². The first-order valence-electron chi connectivity index (χ1n) is 4.69. The summed E-state index contributed by atoms with van der Waals surface area (Å²) in [5.41, 5.74) is 2.43. The zero-order valence-electron chi connectivity index (χ0n) is 8.28. The summed E-state index contributed by atoms with van der Waals surface area (Å²) in [6.45, 7) is 4.00. The van der Waals surface area contributed by atoms with E-state index in [0.717, 1.165) is 0 Å². The normalized spacial score (nSPS) is 26.3. The highest BCUT2D eigenvalue weighted by atomic mass is 32.2. The zero-order valence-corrected chi connectivity index (χ0v) is 9.10. The van der Waals surface area contributed by atoms with Gasteiger partial charge in [-0.15, -0.1) is 11.8 Å². The smallest absolute Gasteiger partial charge is 0.234 e. The lowest BCUT2D eigenvalue weighted by atomic mass is 10.1. The van der Waals surface area contributed by atoms with E-state index in [4.69, 9.17) is 0 Å². The molecule has 1 N–H and O–H groups in total. The van der Waals surface area contributed by atoms with E-state index < -0.39 is 0 Å². The molecule has 74 valence electrons. The van der Waals surface area contributed by atoms with Gasteiger partial charge in [0.15, 0.2) is 0 Å². The summed E-state index contributed by atoms with van der Waals surface area (Å²) >= 11 is 1.67. The van der Waals surface area contributed by atoms with Crippen molar-refractivity contribution >= 4 is 17.7 Å². The molecule has 0 aliphatic carbocycles. The number of hydrogen-bond donors (Lipinski definition) is 1. The Morgan fingerprint density at radius 2 is 1.93 bits per heavy atom. The first-order valence-corrected chi connectivity index (χ1v) is 5.63. The second kappa shape index (κ2) is 3.65. The molecule has 14 heavy (non-hydrogen) atoms. The Morgan fingerprint density at radius 1 is 1.29 bits per heavy atom. The maximum absolute atomic E-state index is 11.3. The van der Waals surface area contributed by atoms with Crippen LogP contribution in [0.15, 0.2) is 24.3 Å². The average Bonchev–Trinajstić information content (AvgIpc) is 2.48. The molecule has 2 nitrogen and oxygen atoms in total. The van der Waals surface area contributed by atoms with Crippen LogP contribution in [0, 0.1) is 6.92 Å². The molecule has 0 saturated carbocycles. The van der Waals surface area contributed by atoms with Gasteiger partial charge in [0.05, 0.1) is 5.25 Å². The van der Waals surface area contributed by atoms with Crippen molar-refractivity contribution in [2.45, 2.75) is 24.5 Å². The number of carbonyl (C=O) groups is 1. The van der Waals surface area contributed by atoms with Crippen LogP contribution in [-0.4, -0.2) is 11.2 Å². The first kappa shape index (κ1) is 9.59. The SMILES string of the molecule is Cc1ccc([C@@H]2NC(=O)[C@H](C)S2)cc1. The van der Waals surface area contributed by atoms with Crippen molar-refractivity contribution < 1.29 is 4.79 Å². The number of nitrogens with one attached hydrogen (secondary N) is 1. The fourth-order valence-electron chi connectivity index (χ4n) is 1.45. The summed E-state index contributed by atoms with van der Waals surface area (Å²) in [7, 11) is 0. The van der Waals surface area contributed by atoms with Crippen molar-refractivity contribution in [1.29, 1.82) is 0 Å². The summed E-state index contributed by atoms with van der Waals surface area (Å²) in [5, 5.41) is 3.17. The van der Waals surface area contributed by atoms with Gasteiger partial charge in [-0.3, -0.25) is 4.79 Å². The molecule has 2 atom stereocenters. The van der Waals surface area contributed by atoms with Crippen molar-refractivity contribution in [3.63, 3.8) is 0 Å². The standard InChI is InChI=1S/C11H13NOS/c1-7-3-5-9(6-4-7)11-12-10(13)8(2)14-11/h3-6,8,11H,1-2H3,(H,12,13)/t8-,11+/m0/s1. The number of amides is 1. The van der Waals surface area contributed by atoms with Crippen molar-refractivity contribution in [1.82, 2.24) is 5.32 Å². The van der Waals surface area contributed by atoms with Crippen molar-refractivity contribution in [2.24, 2.45) is 0 Å². The van der Waals surface area contributed by atoms with Gasteiger partial charge in [-0.2, -0.15) is 0 Å². The Hall–Kier alpha value is -0.960. The lowest BCUT2D eigenvalue weighted by Crippen LogP contribution is -2.22.